The van der Waals surface area contributed by atoms with Crippen LogP contribution in [0.2, 0.25) is 0 Å². The summed E-state index contributed by atoms with van der Waals surface area (Å²) in [6.07, 6.45) is -11.2. The summed E-state index contributed by atoms with van der Waals surface area (Å²) in [7, 11) is -3.95. The van der Waals surface area contributed by atoms with Crippen LogP contribution in [0.3, 0.4) is 0 Å². The number of nitrogens with zero attached hydrogens (tertiary/aromatic N) is 5. The number of aromatic nitrogens is 5. The van der Waals surface area contributed by atoms with E-state index >= 15 is 0 Å². The molecule has 3 heterocycles. The lowest BCUT2D eigenvalue weighted by Gasteiger charge is -2.17. The van der Waals surface area contributed by atoms with Crippen LogP contribution in [-0.4, -0.2) is 51.3 Å². The summed E-state index contributed by atoms with van der Waals surface area (Å²) in [5.41, 5.74) is 0.243. The van der Waals surface area contributed by atoms with Crippen LogP contribution in [0.1, 0.15) is 12.7 Å². The number of hydrogen-bond acceptors (Lipinski definition) is 7. The van der Waals surface area contributed by atoms with Gasteiger partial charge in [-0.05, 0) is 29.8 Å². The smallest absolute Gasteiger partial charge is 0.428 e. The maximum absolute atomic E-state index is 13.1. The van der Waals surface area contributed by atoms with Crippen molar-refractivity contribution in [1.29, 1.82) is 0 Å². The molecule has 0 aliphatic rings. The number of fused-ring (bicyclic) bond motifs is 1. The van der Waals surface area contributed by atoms with Crippen LogP contribution in [0.5, 0.6) is 5.75 Å². The molecule has 0 amide bonds. The molecule has 0 radical (unpaired) electrons. The van der Waals surface area contributed by atoms with Gasteiger partial charge in [-0.15, -0.1) is 5.10 Å². The van der Waals surface area contributed by atoms with Gasteiger partial charge in [-0.25, -0.2) is 17.9 Å². The van der Waals surface area contributed by atoms with Crippen LogP contribution in [0, 0.1) is 0 Å². The van der Waals surface area contributed by atoms with Crippen molar-refractivity contribution in [1.82, 2.24) is 24.6 Å². The molecule has 16 heteroatoms. The Balaban J connectivity index is 1.75. The molecular weight excluding hydrogens is 535 g/mol. The molecule has 0 bridgehead atoms. The molecule has 0 N–H and O–H groups in total. The van der Waals surface area contributed by atoms with E-state index in [4.69, 9.17) is 0 Å². The standard InChI is InChI=1S/C21H14F7N5O3S/c1-2-37(34,35)15-9-12(11-3-5-13(6-4-11)36-21(27,28)17(22)23)10-29-16(15)14-7-8-33-19(30-14)31-18(32-33)20(24,25)26/h3-10,17H,2H2,1H3. The number of sulfone groups is 1. The second kappa shape index (κ2) is 9.24. The van der Waals surface area contributed by atoms with E-state index in [1.807, 2.05) is 0 Å². The van der Waals surface area contributed by atoms with E-state index in [2.05, 4.69) is 24.8 Å². The monoisotopic (exact) mass is 549 g/mol. The minimum absolute atomic E-state index is 0.0924. The van der Waals surface area contributed by atoms with E-state index in [-0.39, 0.29) is 33.2 Å². The molecule has 4 aromatic rings. The van der Waals surface area contributed by atoms with Crippen LogP contribution in [0.4, 0.5) is 30.7 Å². The van der Waals surface area contributed by atoms with Gasteiger partial charge in [-0.3, -0.25) is 4.98 Å². The highest BCUT2D eigenvalue weighted by molar-refractivity contribution is 7.91. The Morgan fingerprint density at radius 3 is 2.27 bits per heavy atom. The summed E-state index contributed by atoms with van der Waals surface area (Å²) in [6.45, 7) is 1.37. The van der Waals surface area contributed by atoms with Crippen molar-refractivity contribution >= 4 is 15.6 Å². The van der Waals surface area contributed by atoms with E-state index in [1.165, 1.54) is 37.4 Å². The molecule has 4 rings (SSSR count). The van der Waals surface area contributed by atoms with Crippen LogP contribution < -0.4 is 4.74 Å². The molecule has 8 nitrogen and oxygen atoms in total. The maximum Gasteiger partial charge on any atom is 0.461 e. The molecule has 0 saturated heterocycles. The molecule has 0 unspecified atom stereocenters. The zero-order chi connectivity index (χ0) is 27.2. The lowest BCUT2D eigenvalue weighted by atomic mass is 10.1. The van der Waals surface area contributed by atoms with Gasteiger partial charge < -0.3 is 4.74 Å². The van der Waals surface area contributed by atoms with E-state index in [9.17, 15) is 39.2 Å². The minimum atomic E-state index is -4.82. The second-order valence-electron chi connectivity index (χ2n) is 7.45. The maximum atomic E-state index is 13.1. The summed E-state index contributed by atoms with van der Waals surface area (Å²) < 4.78 is 120. The Labute approximate surface area is 203 Å². The van der Waals surface area contributed by atoms with Gasteiger partial charge in [-0.2, -0.15) is 35.7 Å². The van der Waals surface area contributed by atoms with Gasteiger partial charge in [0.2, 0.25) is 0 Å². The first-order valence-corrected chi connectivity index (χ1v) is 11.9. The van der Waals surface area contributed by atoms with Crippen LogP contribution >= 0.6 is 0 Å². The average Bonchev–Trinajstić information content (AvgIpc) is 3.28. The fourth-order valence-electron chi connectivity index (χ4n) is 3.13. The van der Waals surface area contributed by atoms with Gasteiger partial charge in [0.05, 0.1) is 16.3 Å². The third-order valence-corrected chi connectivity index (χ3v) is 6.71. The minimum Gasteiger partial charge on any atom is -0.428 e. The first-order chi connectivity index (χ1) is 17.2. The van der Waals surface area contributed by atoms with Gasteiger partial charge >= 0.3 is 18.7 Å². The zero-order valence-corrected chi connectivity index (χ0v) is 19.2. The molecule has 0 saturated carbocycles. The normalized spacial score (nSPS) is 12.9. The molecule has 0 fully saturated rings. The van der Waals surface area contributed by atoms with Crippen LogP contribution in [-0.2, 0) is 16.0 Å². The predicted octanol–water partition coefficient (Wildman–Crippen LogP) is 4.90. The highest BCUT2D eigenvalue weighted by Gasteiger charge is 2.44. The molecule has 37 heavy (non-hydrogen) atoms. The van der Waals surface area contributed by atoms with Gasteiger partial charge in [-0.1, -0.05) is 19.1 Å². The Morgan fingerprint density at radius 2 is 1.68 bits per heavy atom. The van der Waals surface area contributed by atoms with Crippen molar-refractivity contribution in [3.05, 3.63) is 54.6 Å². The molecule has 0 atom stereocenters. The molecule has 0 spiro atoms. The van der Waals surface area contributed by atoms with Crippen LogP contribution in [0.25, 0.3) is 28.3 Å². The van der Waals surface area contributed by atoms with Crippen molar-refractivity contribution in [2.24, 2.45) is 0 Å². The number of benzene rings is 1. The third kappa shape index (κ3) is 5.33. The first-order valence-electron chi connectivity index (χ1n) is 10.2. The Morgan fingerprint density at radius 1 is 1.00 bits per heavy atom. The summed E-state index contributed by atoms with van der Waals surface area (Å²) in [5, 5.41) is 3.28. The Kier molecular flexibility index (Phi) is 6.56. The fraction of sp³-hybridized carbons (Fsp3) is 0.238. The molecule has 0 aliphatic heterocycles. The lowest BCUT2D eigenvalue weighted by Crippen LogP contribution is -2.33. The summed E-state index contributed by atoms with van der Waals surface area (Å²) in [4.78, 5) is 11.1. The topological polar surface area (TPSA) is 99.3 Å². The first kappa shape index (κ1) is 26.2. The number of alkyl halides is 7. The fourth-order valence-corrected chi connectivity index (χ4v) is 4.20. The highest BCUT2D eigenvalue weighted by Crippen LogP contribution is 2.33. The van der Waals surface area contributed by atoms with Gasteiger partial charge in [0.25, 0.3) is 11.6 Å². The van der Waals surface area contributed by atoms with E-state index in [0.29, 0.717) is 0 Å². The Hall–Kier alpha value is -3.82. The van der Waals surface area contributed by atoms with Crippen molar-refractivity contribution in [2.45, 2.75) is 30.5 Å². The molecule has 0 aliphatic carbocycles. The highest BCUT2D eigenvalue weighted by atomic mass is 32.2. The summed E-state index contributed by atoms with van der Waals surface area (Å²) in [6, 6.07) is 6.89. The van der Waals surface area contributed by atoms with Gasteiger partial charge in [0.1, 0.15) is 11.4 Å². The molecule has 196 valence electrons. The molecular formula is C21H14F7N5O3S. The van der Waals surface area contributed by atoms with Gasteiger partial charge in [0, 0.05) is 18.0 Å². The van der Waals surface area contributed by atoms with Crippen LogP contribution in [0.15, 0.2) is 53.7 Å². The van der Waals surface area contributed by atoms with E-state index in [1.54, 1.807) is 0 Å². The average molecular weight is 549 g/mol. The molecule has 1 aromatic carbocycles. The van der Waals surface area contributed by atoms with E-state index in [0.717, 1.165) is 22.8 Å². The Bertz CT molecular complexity index is 1560. The second-order valence-corrected chi connectivity index (χ2v) is 9.70. The van der Waals surface area contributed by atoms with Crippen molar-refractivity contribution in [2.75, 3.05) is 5.75 Å². The van der Waals surface area contributed by atoms with Crippen molar-refractivity contribution in [3.63, 3.8) is 0 Å². The van der Waals surface area contributed by atoms with E-state index < -0.39 is 45.9 Å². The largest absolute Gasteiger partial charge is 0.461 e. The predicted molar refractivity (Wildman–Crippen MR) is 114 cm³/mol. The summed E-state index contributed by atoms with van der Waals surface area (Å²) in [5.74, 6) is -2.78. The number of hydrogen-bond donors (Lipinski definition) is 0. The zero-order valence-electron chi connectivity index (χ0n) is 18.4. The lowest BCUT2D eigenvalue weighted by molar-refractivity contribution is -0.253. The number of ether oxygens (including phenoxy) is 1. The quantitative estimate of drug-likeness (QED) is 0.303. The SMILES string of the molecule is CCS(=O)(=O)c1cc(-c2ccc(OC(F)(F)C(F)F)cc2)cnc1-c1ccn2nc(C(F)(F)F)nc2n1. The number of pyridine rings is 1. The number of rotatable bonds is 7. The van der Waals surface area contributed by atoms with Gasteiger partial charge in [0.15, 0.2) is 9.84 Å². The van der Waals surface area contributed by atoms with Crippen molar-refractivity contribution < 1.29 is 43.9 Å². The molecule has 3 aromatic heterocycles. The number of halogens is 7. The summed E-state index contributed by atoms with van der Waals surface area (Å²) >= 11 is 0. The van der Waals surface area contributed by atoms with Crippen molar-refractivity contribution in [3.8, 4) is 28.3 Å². The third-order valence-electron chi connectivity index (χ3n) is 4.97.